The molecule has 2 aliphatic heterocycles. The van der Waals surface area contributed by atoms with Gasteiger partial charge in [-0.25, -0.2) is 0 Å². The standard InChI is InChI=1S/C25H31BF2N2O2S/c27-26(28)29-20(11-8-6-4-2-1-3-5-7-9-13-25(31)32)14-15-21(29)19-22-16-17-23(30(22)26)24-12-10-18-33-24/h10,12,14-19H,1-9,11,13H2,(H,31,32). The lowest BCUT2D eigenvalue weighted by atomic mass is 9.90. The quantitative estimate of drug-likeness (QED) is 0.285. The molecule has 0 saturated carbocycles. The first-order valence-corrected chi connectivity index (χ1v) is 12.9. The summed E-state index contributed by atoms with van der Waals surface area (Å²) >= 11 is 1.48. The fourth-order valence-electron chi connectivity index (χ4n) is 4.84. The number of aryl methyl sites for hydroxylation is 1. The number of carboxylic acid groups (broad SMARTS) is 1. The van der Waals surface area contributed by atoms with Gasteiger partial charge < -0.3 is 27.5 Å². The van der Waals surface area contributed by atoms with Gasteiger partial charge in [-0.1, -0.05) is 51.0 Å². The van der Waals surface area contributed by atoms with Crippen molar-refractivity contribution in [2.45, 2.75) is 70.6 Å². The van der Waals surface area contributed by atoms with Crippen molar-refractivity contribution in [3.63, 3.8) is 0 Å². The first kappa shape index (κ1) is 23.7. The van der Waals surface area contributed by atoms with Gasteiger partial charge in [-0.3, -0.25) is 0 Å². The molecular formula is C25H31BF2N2O2S. The molecule has 0 unspecified atom stereocenters. The monoisotopic (exact) mass is 472 g/mol. The molecule has 4 rings (SSSR count). The minimum Gasteiger partial charge on any atom is -0.550 e. The number of hydrogen-bond acceptors (Lipinski definition) is 3. The molecule has 0 radical (unpaired) electrons. The molecule has 0 bridgehead atoms. The Bertz CT molecular complexity index is 1080. The number of allylic oxidation sites excluding steroid dienone is 2. The van der Waals surface area contributed by atoms with E-state index in [1.165, 1.54) is 20.3 Å². The summed E-state index contributed by atoms with van der Waals surface area (Å²) in [7, 11) is 0. The van der Waals surface area contributed by atoms with Crippen molar-refractivity contribution in [1.82, 2.24) is 4.48 Å². The van der Waals surface area contributed by atoms with Crippen LogP contribution >= 0.6 is 11.3 Å². The molecule has 0 saturated heterocycles. The Kier molecular flexibility index (Phi) is 7.63. The van der Waals surface area contributed by atoms with E-state index in [9.17, 15) is 9.90 Å². The van der Waals surface area contributed by atoms with Crippen molar-refractivity contribution < 1.29 is 24.4 Å². The number of nitrogens with zero attached hydrogens (tertiary/aromatic N) is 2. The van der Waals surface area contributed by atoms with Gasteiger partial charge in [-0.05, 0) is 55.0 Å². The fraction of sp³-hybridized carbons (Fsp3) is 0.440. The van der Waals surface area contributed by atoms with E-state index >= 15 is 8.63 Å². The lowest BCUT2D eigenvalue weighted by Gasteiger charge is -2.30. The summed E-state index contributed by atoms with van der Waals surface area (Å²) in [6.07, 6.45) is 15.4. The lowest BCUT2D eigenvalue weighted by Crippen LogP contribution is -2.50. The van der Waals surface area contributed by atoms with Crippen LogP contribution in [-0.2, 0) is 11.2 Å². The second-order valence-electron chi connectivity index (χ2n) is 8.90. The van der Waals surface area contributed by atoms with Gasteiger partial charge in [0.05, 0.1) is 4.88 Å². The summed E-state index contributed by atoms with van der Waals surface area (Å²) in [6, 6.07) is 7.44. The topological polar surface area (TPSA) is 48.1 Å². The predicted molar refractivity (Wildman–Crippen MR) is 130 cm³/mol. The number of carbonyl (C=O) groups is 1. The van der Waals surface area contributed by atoms with Crippen LogP contribution in [0, 0.1) is 0 Å². The molecule has 176 valence electrons. The van der Waals surface area contributed by atoms with E-state index in [0.717, 1.165) is 56.2 Å². The molecule has 33 heavy (non-hydrogen) atoms. The molecule has 0 spiro atoms. The number of halogens is 2. The van der Waals surface area contributed by atoms with Crippen molar-refractivity contribution in [3.05, 3.63) is 63.8 Å². The largest absolute Gasteiger partial charge is 1.00 e. The van der Waals surface area contributed by atoms with Gasteiger partial charge in [-0.2, -0.15) is 0 Å². The Morgan fingerprint density at radius 2 is 1.70 bits per heavy atom. The van der Waals surface area contributed by atoms with E-state index < -0.39 is 12.9 Å². The second-order valence-corrected chi connectivity index (χ2v) is 9.84. The van der Waals surface area contributed by atoms with E-state index in [1.54, 1.807) is 12.2 Å². The number of carbonyl (C=O) groups excluding carboxylic acids is 1. The zero-order chi connectivity index (χ0) is 23.3. The highest BCUT2D eigenvalue weighted by molar-refractivity contribution is 7.12. The zero-order valence-electron chi connectivity index (χ0n) is 19.8. The van der Waals surface area contributed by atoms with Crippen molar-refractivity contribution in [1.29, 1.82) is 0 Å². The fourth-order valence-corrected chi connectivity index (χ4v) is 5.59. The van der Waals surface area contributed by atoms with Crippen molar-refractivity contribution in [2.24, 2.45) is 0 Å². The Balaban J connectivity index is 0.00000324. The second kappa shape index (κ2) is 10.6. The average Bonchev–Trinajstić information content (AvgIpc) is 3.51. The summed E-state index contributed by atoms with van der Waals surface area (Å²) in [5, 5.41) is 12.3. The number of hydrogen-bond donors (Lipinski definition) is 0. The molecule has 4 nitrogen and oxygen atoms in total. The zero-order valence-corrected chi connectivity index (χ0v) is 19.7. The summed E-state index contributed by atoms with van der Waals surface area (Å²) in [5.74, 6) is -0.965. The van der Waals surface area contributed by atoms with E-state index in [2.05, 4.69) is 0 Å². The first-order chi connectivity index (χ1) is 16.0. The minimum atomic E-state index is -3.94. The molecule has 0 aliphatic carbocycles. The average molecular weight is 472 g/mol. The van der Waals surface area contributed by atoms with Crippen molar-refractivity contribution in [2.75, 3.05) is 0 Å². The van der Waals surface area contributed by atoms with Crippen LogP contribution in [0.15, 0.2) is 47.5 Å². The molecule has 0 fully saturated rings. The lowest BCUT2D eigenvalue weighted by molar-refractivity contribution is -0.360. The maximum absolute atomic E-state index is 15.8. The summed E-state index contributed by atoms with van der Waals surface area (Å²) < 4.78 is 34.0. The van der Waals surface area contributed by atoms with Gasteiger partial charge in [0.15, 0.2) is 11.4 Å². The normalized spacial score (nSPS) is 16.1. The van der Waals surface area contributed by atoms with Gasteiger partial charge >= 0.3 is 8.40 Å². The number of fused-ring (bicyclic) bond motifs is 2. The Morgan fingerprint density at radius 1 is 1.00 bits per heavy atom. The third-order valence-electron chi connectivity index (χ3n) is 6.49. The van der Waals surface area contributed by atoms with E-state index in [1.807, 2.05) is 35.7 Å². The van der Waals surface area contributed by atoms with Crippen molar-refractivity contribution in [3.8, 4) is 0 Å². The number of aliphatic carboxylic acids is 1. The number of rotatable bonds is 13. The third-order valence-corrected chi connectivity index (χ3v) is 7.38. The van der Waals surface area contributed by atoms with Gasteiger partial charge in [0.1, 0.15) is 0 Å². The molecule has 2 aromatic heterocycles. The van der Waals surface area contributed by atoms with Crippen LogP contribution in [0.4, 0.5) is 8.63 Å². The van der Waals surface area contributed by atoms with Crippen LogP contribution in [0.3, 0.4) is 0 Å². The highest BCUT2D eigenvalue weighted by Crippen LogP contribution is 2.34. The highest BCUT2D eigenvalue weighted by Gasteiger charge is 2.52. The van der Waals surface area contributed by atoms with Gasteiger partial charge in [0, 0.05) is 29.9 Å². The minimum absolute atomic E-state index is 0. The molecule has 0 N–H and O–H groups in total. The number of thiophene rings is 1. The molecule has 0 atom stereocenters. The Morgan fingerprint density at radius 3 is 2.36 bits per heavy atom. The molecule has 2 aliphatic rings. The third kappa shape index (κ3) is 5.37. The van der Waals surface area contributed by atoms with E-state index in [0.29, 0.717) is 35.6 Å². The van der Waals surface area contributed by atoms with Crippen LogP contribution < -0.4 is 5.11 Å². The SMILES string of the molecule is O=C([O-])CCCCCCCCCCCc1ccc2n1[B-](F)(F)[N+]1=C(c3cccs3)C=CC1=C2.[H+]. The van der Waals surface area contributed by atoms with Crippen LogP contribution in [0.5, 0.6) is 0 Å². The molecule has 0 aromatic carbocycles. The van der Waals surface area contributed by atoms with Crippen LogP contribution in [-0.4, -0.2) is 27.6 Å². The van der Waals surface area contributed by atoms with Crippen LogP contribution in [0.25, 0.3) is 6.08 Å². The highest BCUT2D eigenvalue weighted by atomic mass is 32.1. The maximum Gasteiger partial charge on any atom is 1.00 e. The molecule has 8 heteroatoms. The summed E-state index contributed by atoms with van der Waals surface area (Å²) in [5.41, 5.74) is 2.42. The molecule has 0 amide bonds. The first-order valence-electron chi connectivity index (χ1n) is 12.0. The summed E-state index contributed by atoms with van der Waals surface area (Å²) in [6.45, 7) is -3.94. The van der Waals surface area contributed by atoms with Crippen LogP contribution in [0.2, 0.25) is 0 Å². The maximum atomic E-state index is 15.8. The van der Waals surface area contributed by atoms with E-state index in [4.69, 9.17) is 0 Å². The molecule has 2 aromatic rings. The summed E-state index contributed by atoms with van der Waals surface area (Å²) in [4.78, 5) is 11.2. The Hall–Kier alpha value is -2.48. The van der Waals surface area contributed by atoms with Gasteiger partial charge in [-0.15, -0.1) is 11.3 Å². The van der Waals surface area contributed by atoms with E-state index in [-0.39, 0.29) is 7.85 Å². The number of aromatic nitrogens is 1. The Labute approximate surface area is 199 Å². The smallest absolute Gasteiger partial charge is 0.550 e. The van der Waals surface area contributed by atoms with Gasteiger partial charge in [0.25, 0.3) is 0 Å². The number of unbranched alkanes of at least 4 members (excludes halogenated alkanes) is 8. The van der Waals surface area contributed by atoms with Gasteiger partial charge in [0.2, 0.25) is 0 Å². The van der Waals surface area contributed by atoms with Crippen LogP contribution in [0.1, 0.15) is 81.9 Å². The number of carboxylic acids is 1. The molecular weight excluding hydrogens is 441 g/mol. The molecule has 4 heterocycles. The van der Waals surface area contributed by atoms with Crippen molar-refractivity contribution >= 4 is 36.1 Å². The predicted octanol–water partition coefficient (Wildman–Crippen LogP) is 5.50.